The van der Waals surface area contributed by atoms with Crippen molar-refractivity contribution >= 4 is 34.8 Å². The van der Waals surface area contributed by atoms with E-state index in [0.29, 0.717) is 22.7 Å². The topological polar surface area (TPSA) is 61.4 Å². The van der Waals surface area contributed by atoms with Gasteiger partial charge in [0.05, 0.1) is 0 Å². The monoisotopic (exact) mass is 437 g/mol. The molecule has 2 aromatic carbocycles. The van der Waals surface area contributed by atoms with Crippen molar-refractivity contribution in [2.75, 3.05) is 18.4 Å². The third-order valence-electron chi connectivity index (χ3n) is 5.68. The Hall–Kier alpha value is -2.73. The number of carbonyl (C=O) groups is 2. The number of hydrogen-bond acceptors (Lipinski definition) is 3. The number of thiocarbonyl (C=S) groups is 1. The highest BCUT2D eigenvalue weighted by Crippen LogP contribution is 2.22. The van der Waals surface area contributed by atoms with E-state index in [9.17, 15) is 9.59 Å². The lowest BCUT2D eigenvalue weighted by molar-refractivity contribution is 0.0697. The van der Waals surface area contributed by atoms with Crippen molar-refractivity contribution in [3.05, 3.63) is 65.2 Å². The lowest BCUT2D eigenvalue weighted by atomic mass is 9.87. The van der Waals surface area contributed by atoms with Gasteiger partial charge in [0.25, 0.3) is 11.8 Å². The van der Waals surface area contributed by atoms with Crippen LogP contribution in [0.2, 0.25) is 0 Å². The van der Waals surface area contributed by atoms with E-state index >= 15 is 0 Å². The lowest BCUT2D eigenvalue weighted by Crippen LogP contribution is -2.38. The van der Waals surface area contributed by atoms with E-state index in [4.69, 9.17) is 12.2 Å². The normalized spacial score (nSPS) is 14.8. The molecular formula is C25H31N3O2S. The maximum Gasteiger partial charge on any atom is 0.257 e. The molecule has 0 saturated carbocycles. The zero-order chi connectivity index (χ0) is 22.6. The summed E-state index contributed by atoms with van der Waals surface area (Å²) in [5.74, 6) is 0.430. The summed E-state index contributed by atoms with van der Waals surface area (Å²) in [6.07, 6.45) is 2.08. The van der Waals surface area contributed by atoms with Crippen LogP contribution in [0.4, 0.5) is 5.69 Å². The summed E-state index contributed by atoms with van der Waals surface area (Å²) in [5, 5.41) is 5.91. The Balaban J connectivity index is 1.60. The Kier molecular flexibility index (Phi) is 7.11. The quantitative estimate of drug-likeness (QED) is 0.665. The van der Waals surface area contributed by atoms with Gasteiger partial charge in [-0.1, -0.05) is 45.9 Å². The van der Waals surface area contributed by atoms with Gasteiger partial charge in [0.2, 0.25) is 0 Å². The maximum atomic E-state index is 12.8. The van der Waals surface area contributed by atoms with E-state index in [1.165, 1.54) is 0 Å². The maximum absolute atomic E-state index is 12.8. The van der Waals surface area contributed by atoms with Gasteiger partial charge in [0.1, 0.15) is 0 Å². The van der Waals surface area contributed by atoms with E-state index in [2.05, 4.69) is 38.3 Å². The van der Waals surface area contributed by atoms with E-state index in [1.54, 1.807) is 18.2 Å². The molecule has 0 radical (unpaired) electrons. The minimum atomic E-state index is -0.271. The van der Waals surface area contributed by atoms with Crippen LogP contribution in [0.25, 0.3) is 0 Å². The average molecular weight is 438 g/mol. The SMILES string of the molecule is CC1CCN(C(=O)c2cccc(NC(=S)NC(=O)c3ccc(C(C)(C)C)cc3)c2)CC1. The van der Waals surface area contributed by atoms with Crippen LogP contribution in [0.15, 0.2) is 48.5 Å². The fourth-order valence-electron chi connectivity index (χ4n) is 3.58. The van der Waals surface area contributed by atoms with Crippen LogP contribution in [-0.4, -0.2) is 34.9 Å². The first kappa shape index (κ1) is 22.9. The molecule has 0 bridgehead atoms. The molecular weight excluding hydrogens is 406 g/mol. The molecule has 1 aliphatic heterocycles. The van der Waals surface area contributed by atoms with Crippen LogP contribution in [0, 0.1) is 5.92 Å². The van der Waals surface area contributed by atoms with Crippen LogP contribution in [0.3, 0.4) is 0 Å². The molecule has 31 heavy (non-hydrogen) atoms. The molecule has 2 aromatic rings. The van der Waals surface area contributed by atoms with Gasteiger partial charge < -0.3 is 10.2 Å². The minimum absolute atomic E-state index is 0.0285. The average Bonchev–Trinajstić information content (AvgIpc) is 2.73. The third-order valence-corrected chi connectivity index (χ3v) is 5.88. The molecule has 164 valence electrons. The van der Waals surface area contributed by atoms with Crippen LogP contribution in [0.5, 0.6) is 0 Å². The molecule has 1 aliphatic rings. The molecule has 0 unspecified atom stereocenters. The fourth-order valence-corrected chi connectivity index (χ4v) is 3.79. The first-order valence-corrected chi connectivity index (χ1v) is 11.2. The second-order valence-corrected chi connectivity index (χ2v) is 9.70. The van der Waals surface area contributed by atoms with Crippen molar-refractivity contribution in [3.8, 4) is 0 Å². The van der Waals surface area contributed by atoms with Gasteiger partial charge >= 0.3 is 0 Å². The van der Waals surface area contributed by atoms with Crippen molar-refractivity contribution in [2.24, 2.45) is 5.92 Å². The Morgan fingerprint density at radius 2 is 1.65 bits per heavy atom. The van der Waals surface area contributed by atoms with E-state index in [1.807, 2.05) is 35.2 Å². The van der Waals surface area contributed by atoms with Gasteiger partial charge in [-0.15, -0.1) is 0 Å². The number of amides is 2. The van der Waals surface area contributed by atoms with E-state index in [0.717, 1.165) is 31.5 Å². The van der Waals surface area contributed by atoms with Crippen LogP contribution >= 0.6 is 12.2 Å². The van der Waals surface area contributed by atoms with Gasteiger partial charge in [-0.25, -0.2) is 0 Å². The van der Waals surface area contributed by atoms with Crippen LogP contribution < -0.4 is 10.6 Å². The highest BCUT2D eigenvalue weighted by atomic mass is 32.1. The summed E-state index contributed by atoms with van der Waals surface area (Å²) in [6.45, 7) is 10.2. The number of nitrogens with zero attached hydrogens (tertiary/aromatic N) is 1. The Morgan fingerprint density at radius 3 is 2.26 bits per heavy atom. The van der Waals surface area contributed by atoms with Crippen molar-refractivity contribution < 1.29 is 9.59 Å². The standard InChI is InChI=1S/C25H31N3O2S/c1-17-12-14-28(15-13-17)23(30)19-6-5-7-21(16-19)26-24(31)27-22(29)18-8-10-20(11-9-18)25(2,3)4/h5-11,16-17H,12-15H2,1-4H3,(H2,26,27,29,31). The smallest absolute Gasteiger partial charge is 0.257 e. The first-order valence-electron chi connectivity index (χ1n) is 10.8. The summed E-state index contributed by atoms with van der Waals surface area (Å²) in [4.78, 5) is 27.2. The summed E-state index contributed by atoms with van der Waals surface area (Å²) >= 11 is 5.31. The molecule has 0 aliphatic carbocycles. The summed E-state index contributed by atoms with van der Waals surface area (Å²) < 4.78 is 0. The summed E-state index contributed by atoms with van der Waals surface area (Å²) in [6, 6.07) is 14.8. The predicted molar refractivity (Wildman–Crippen MR) is 130 cm³/mol. The number of rotatable bonds is 3. The van der Waals surface area contributed by atoms with Crippen molar-refractivity contribution in [1.29, 1.82) is 0 Å². The molecule has 3 rings (SSSR count). The number of likely N-dealkylation sites (tertiary alicyclic amines) is 1. The van der Waals surface area contributed by atoms with Crippen LogP contribution in [-0.2, 0) is 5.41 Å². The van der Waals surface area contributed by atoms with Crippen molar-refractivity contribution in [2.45, 2.75) is 46.0 Å². The Bertz CT molecular complexity index is 955. The second-order valence-electron chi connectivity index (χ2n) is 9.29. The molecule has 6 heteroatoms. The van der Waals surface area contributed by atoms with Crippen molar-refractivity contribution in [3.63, 3.8) is 0 Å². The molecule has 1 saturated heterocycles. The molecule has 0 atom stereocenters. The van der Waals surface area contributed by atoms with Gasteiger partial charge in [-0.3, -0.25) is 14.9 Å². The van der Waals surface area contributed by atoms with Crippen molar-refractivity contribution in [1.82, 2.24) is 10.2 Å². The molecule has 1 fully saturated rings. The number of carbonyl (C=O) groups excluding carboxylic acids is 2. The molecule has 5 nitrogen and oxygen atoms in total. The highest BCUT2D eigenvalue weighted by Gasteiger charge is 2.21. The fraction of sp³-hybridized carbons (Fsp3) is 0.400. The largest absolute Gasteiger partial charge is 0.339 e. The van der Waals surface area contributed by atoms with Gasteiger partial charge in [0, 0.05) is 29.9 Å². The second kappa shape index (κ2) is 9.60. The van der Waals surface area contributed by atoms with E-state index in [-0.39, 0.29) is 22.3 Å². The summed E-state index contributed by atoms with van der Waals surface area (Å²) in [7, 11) is 0. The van der Waals surface area contributed by atoms with Gasteiger partial charge in [-0.05, 0) is 72.3 Å². The summed E-state index contributed by atoms with van der Waals surface area (Å²) in [5.41, 5.74) is 3.02. The molecule has 1 heterocycles. The van der Waals surface area contributed by atoms with Gasteiger partial charge in [0.15, 0.2) is 5.11 Å². The number of anilines is 1. The van der Waals surface area contributed by atoms with Gasteiger partial charge in [-0.2, -0.15) is 0 Å². The first-order chi connectivity index (χ1) is 14.6. The van der Waals surface area contributed by atoms with E-state index < -0.39 is 0 Å². The predicted octanol–water partition coefficient (Wildman–Crippen LogP) is 4.98. The number of nitrogens with one attached hydrogen (secondary N) is 2. The zero-order valence-corrected chi connectivity index (χ0v) is 19.5. The molecule has 0 spiro atoms. The van der Waals surface area contributed by atoms with Crippen LogP contribution in [0.1, 0.15) is 66.8 Å². The number of piperidine rings is 1. The Morgan fingerprint density at radius 1 is 1.00 bits per heavy atom. The molecule has 2 amide bonds. The molecule has 2 N–H and O–H groups in total. The third kappa shape index (κ3) is 6.14. The number of hydrogen-bond donors (Lipinski definition) is 2. The lowest BCUT2D eigenvalue weighted by Gasteiger charge is -2.30. The minimum Gasteiger partial charge on any atom is -0.339 e. The number of benzene rings is 2. The molecule has 0 aromatic heterocycles. The zero-order valence-electron chi connectivity index (χ0n) is 18.7. The highest BCUT2D eigenvalue weighted by molar-refractivity contribution is 7.80. The Labute approximate surface area is 190 Å².